The van der Waals surface area contributed by atoms with Crippen LogP contribution in [0.3, 0.4) is 0 Å². The minimum absolute atomic E-state index is 0.273. The minimum atomic E-state index is -0.569. The monoisotopic (exact) mass is 245 g/mol. The van der Waals surface area contributed by atoms with Crippen molar-refractivity contribution in [2.45, 2.75) is 0 Å². The zero-order valence-corrected chi connectivity index (χ0v) is 9.48. The van der Waals surface area contributed by atoms with Crippen molar-refractivity contribution in [3.05, 3.63) is 35.2 Å². The number of carbonyl (C=O) groups excluding carboxylic acids is 1. The van der Waals surface area contributed by atoms with Crippen molar-refractivity contribution in [1.82, 2.24) is 9.59 Å². The van der Waals surface area contributed by atoms with Crippen molar-refractivity contribution in [1.29, 1.82) is 5.26 Å². The second kappa shape index (κ2) is 5.18. The van der Waals surface area contributed by atoms with Crippen LogP contribution in [0, 0.1) is 11.3 Å². The number of benzene rings is 1. The van der Waals surface area contributed by atoms with Gasteiger partial charge in [0.1, 0.15) is 11.8 Å². The number of rotatable bonds is 3. The summed E-state index contributed by atoms with van der Waals surface area (Å²) in [6.45, 7) is -0.273. The van der Waals surface area contributed by atoms with Gasteiger partial charge in [0, 0.05) is 5.56 Å². The van der Waals surface area contributed by atoms with Gasteiger partial charge in [-0.25, -0.2) is 4.79 Å². The molecule has 0 fully saturated rings. The highest BCUT2D eigenvalue weighted by molar-refractivity contribution is 7.08. The van der Waals surface area contributed by atoms with Crippen molar-refractivity contribution >= 4 is 17.5 Å². The summed E-state index contributed by atoms with van der Waals surface area (Å²) in [6.07, 6.45) is 0. The van der Waals surface area contributed by atoms with Gasteiger partial charge in [-0.15, -0.1) is 5.10 Å². The molecule has 84 valence electrons. The number of carbonyl (C=O) groups is 1. The number of aromatic nitrogens is 2. The molecule has 0 saturated heterocycles. The average molecular weight is 245 g/mol. The van der Waals surface area contributed by atoms with Gasteiger partial charge in [-0.2, -0.15) is 5.26 Å². The molecule has 1 aromatic carbocycles. The van der Waals surface area contributed by atoms with E-state index in [4.69, 9.17) is 10.00 Å². The normalized spacial score (nSPS) is 9.59. The van der Waals surface area contributed by atoms with E-state index in [0.717, 1.165) is 17.1 Å². The Kier molecular flexibility index (Phi) is 3.43. The van der Waals surface area contributed by atoms with Crippen molar-refractivity contribution in [2.24, 2.45) is 0 Å². The third-order valence-electron chi connectivity index (χ3n) is 1.99. The number of hydrogen-bond acceptors (Lipinski definition) is 6. The van der Waals surface area contributed by atoms with E-state index >= 15 is 0 Å². The van der Waals surface area contributed by atoms with E-state index < -0.39 is 5.97 Å². The van der Waals surface area contributed by atoms with E-state index in [1.54, 1.807) is 6.07 Å². The van der Waals surface area contributed by atoms with Gasteiger partial charge < -0.3 is 4.74 Å². The highest BCUT2D eigenvalue weighted by Crippen LogP contribution is 2.24. The molecule has 2 aromatic rings. The van der Waals surface area contributed by atoms with Gasteiger partial charge in [0.2, 0.25) is 0 Å². The topological polar surface area (TPSA) is 75.9 Å². The second-order valence-corrected chi connectivity index (χ2v) is 3.81. The fourth-order valence-electron chi connectivity index (χ4n) is 1.27. The zero-order valence-electron chi connectivity index (χ0n) is 8.66. The molecule has 5 nitrogen and oxygen atoms in total. The molecule has 0 aliphatic carbocycles. The Bertz CT molecular complexity index is 560. The van der Waals surface area contributed by atoms with Gasteiger partial charge in [-0.3, -0.25) is 0 Å². The molecule has 0 bridgehead atoms. The number of nitrogens with zero attached hydrogens (tertiary/aromatic N) is 3. The van der Waals surface area contributed by atoms with Gasteiger partial charge >= 0.3 is 5.97 Å². The maximum Gasteiger partial charge on any atom is 0.353 e. The Morgan fingerprint density at radius 2 is 2.18 bits per heavy atom. The molecular weight excluding hydrogens is 238 g/mol. The predicted molar refractivity (Wildman–Crippen MR) is 61.2 cm³/mol. The summed E-state index contributed by atoms with van der Waals surface area (Å²) in [6, 6.07) is 11.0. The van der Waals surface area contributed by atoms with Gasteiger partial charge in [-0.1, -0.05) is 34.8 Å². The minimum Gasteiger partial charge on any atom is -0.446 e. The summed E-state index contributed by atoms with van der Waals surface area (Å²) in [5.41, 5.74) is 1.28. The lowest BCUT2D eigenvalue weighted by Gasteiger charge is -1.99. The average Bonchev–Trinajstić information content (AvgIpc) is 2.86. The largest absolute Gasteiger partial charge is 0.446 e. The molecule has 0 N–H and O–H groups in total. The Morgan fingerprint density at radius 1 is 1.41 bits per heavy atom. The van der Waals surface area contributed by atoms with Crippen molar-refractivity contribution < 1.29 is 9.53 Å². The van der Waals surface area contributed by atoms with E-state index in [0.29, 0.717) is 10.6 Å². The molecule has 0 spiro atoms. The molecule has 17 heavy (non-hydrogen) atoms. The summed E-state index contributed by atoms with van der Waals surface area (Å²) in [4.78, 5) is 11.9. The first-order valence-electron chi connectivity index (χ1n) is 4.75. The molecule has 2 rings (SSSR count). The van der Waals surface area contributed by atoms with E-state index in [1.807, 2.05) is 30.3 Å². The fourth-order valence-corrected chi connectivity index (χ4v) is 1.86. The maximum atomic E-state index is 11.6. The molecular formula is C11H7N3O2S. The summed E-state index contributed by atoms with van der Waals surface area (Å²) in [5, 5.41) is 12.2. The van der Waals surface area contributed by atoms with E-state index in [9.17, 15) is 4.79 Å². The van der Waals surface area contributed by atoms with Gasteiger partial charge in [0.15, 0.2) is 11.5 Å². The highest BCUT2D eigenvalue weighted by Gasteiger charge is 2.18. The summed E-state index contributed by atoms with van der Waals surface area (Å²) < 4.78 is 8.46. The van der Waals surface area contributed by atoms with Gasteiger partial charge in [0.05, 0.1) is 0 Å². The summed E-state index contributed by atoms with van der Waals surface area (Å²) in [5.74, 6) is -0.569. The zero-order chi connectivity index (χ0) is 12.1. The molecule has 1 aromatic heterocycles. The molecule has 0 saturated carbocycles. The molecule has 0 aliphatic rings. The van der Waals surface area contributed by atoms with Crippen LogP contribution in [0.25, 0.3) is 11.3 Å². The van der Waals surface area contributed by atoms with Crippen LogP contribution >= 0.6 is 11.5 Å². The Balaban J connectivity index is 2.30. The highest BCUT2D eigenvalue weighted by atomic mass is 32.1. The van der Waals surface area contributed by atoms with Crippen LogP contribution in [-0.2, 0) is 4.74 Å². The number of nitriles is 1. The molecule has 6 heteroatoms. The Labute approximate surface area is 101 Å². The smallest absolute Gasteiger partial charge is 0.353 e. The van der Waals surface area contributed by atoms with Crippen molar-refractivity contribution in [2.75, 3.05) is 6.61 Å². The SMILES string of the molecule is N#CCOC(=O)c1snnc1-c1ccccc1. The quantitative estimate of drug-likeness (QED) is 0.772. The van der Waals surface area contributed by atoms with Gasteiger partial charge in [0.25, 0.3) is 0 Å². The molecule has 0 radical (unpaired) electrons. The van der Waals surface area contributed by atoms with Crippen molar-refractivity contribution in [3.8, 4) is 17.3 Å². The standard InChI is InChI=1S/C11H7N3O2S/c12-6-7-16-11(15)10-9(13-14-17-10)8-4-2-1-3-5-8/h1-5H,7H2. The number of hydrogen-bond donors (Lipinski definition) is 0. The van der Waals surface area contributed by atoms with Crippen LogP contribution in [0.4, 0.5) is 0 Å². The molecule has 0 unspecified atom stereocenters. The lowest BCUT2D eigenvalue weighted by atomic mass is 10.1. The summed E-state index contributed by atoms with van der Waals surface area (Å²) in [7, 11) is 0. The Morgan fingerprint density at radius 3 is 2.88 bits per heavy atom. The first-order valence-corrected chi connectivity index (χ1v) is 5.52. The predicted octanol–water partition coefficient (Wildman–Crippen LogP) is 1.89. The van der Waals surface area contributed by atoms with Crippen LogP contribution in [0.15, 0.2) is 30.3 Å². The van der Waals surface area contributed by atoms with E-state index in [2.05, 4.69) is 9.59 Å². The van der Waals surface area contributed by atoms with E-state index in [-0.39, 0.29) is 6.61 Å². The lowest BCUT2D eigenvalue weighted by Crippen LogP contribution is -2.04. The Hall–Kier alpha value is -2.26. The molecule has 0 amide bonds. The van der Waals surface area contributed by atoms with Crippen LogP contribution in [-0.4, -0.2) is 22.2 Å². The van der Waals surface area contributed by atoms with Crippen molar-refractivity contribution in [3.63, 3.8) is 0 Å². The second-order valence-electron chi connectivity index (χ2n) is 3.05. The first kappa shape index (κ1) is 11.2. The van der Waals surface area contributed by atoms with Crippen LogP contribution in [0.5, 0.6) is 0 Å². The lowest BCUT2D eigenvalue weighted by molar-refractivity contribution is 0.0561. The van der Waals surface area contributed by atoms with Crippen LogP contribution in [0.1, 0.15) is 9.67 Å². The van der Waals surface area contributed by atoms with Crippen LogP contribution in [0.2, 0.25) is 0 Å². The first-order chi connectivity index (χ1) is 8.33. The molecule has 0 aliphatic heterocycles. The number of ether oxygens (including phenoxy) is 1. The van der Waals surface area contributed by atoms with Gasteiger partial charge in [-0.05, 0) is 11.5 Å². The molecule has 1 heterocycles. The van der Waals surface area contributed by atoms with E-state index in [1.165, 1.54) is 0 Å². The van der Waals surface area contributed by atoms with Crippen LogP contribution < -0.4 is 0 Å². The number of esters is 1. The third kappa shape index (κ3) is 2.46. The third-order valence-corrected chi connectivity index (χ3v) is 2.69. The maximum absolute atomic E-state index is 11.6. The molecule has 0 atom stereocenters. The fraction of sp³-hybridized carbons (Fsp3) is 0.0909. The summed E-state index contributed by atoms with van der Waals surface area (Å²) >= 11 is 0.958.